The molecule has 0 saturated carbocycles. The van der Waals surface area contributed by atoms with E-state index < -0.39 is 11.6 Å². The fraction of sp³-hybridized carbons (Fsp3) is 0.286. The molecule has 1 aliphatic heterocycles. The van der Waals surface area contributed by atoms with Crippen molar-refractivity contribution < 1.29 is 8.78 Å². The molecule has 144 valence electrons. The van der Waals surface area contributed by atoms with E-state index in [1.165, 1.54) is 12.1 Å². The number of rotatable bonds is 4. The highest BCUT2D eigenvalue weighted by atomic mass is 19.2. The summed E-state index contributed by atoms with van der Waals surface area (Å²) in [4.78, 5) is 25.9. The van der Waals surface area contributed by atoms with Gasteiger partial charge in [0.25, 0.3) is 5.56 Å². The highest BCUT2D eigenvalue weighted by molar-refractivity contribution is 5.57. The lowest BCUT2D eigenvalue weighted by Gasteiger charge is -2.32. The van der Waals surface area contributed by atoms with Gasteiger partial charge in [-0.05, 0) is 49.2 Å². The molecule has 0 bridgehead atoms. The Labute approximate surface area is 161 Å². The second-order valence-electron chi connectivity index (χ2n) is 7.07. The van der Waals surface area contributed by atoms with Crippen LogP contribution >= 0.6 is 0 Å². The van der Waals surface area contributed by atoms with E-state index >= 15 is 0 Å². The van der Waals surface area contributed by atoms with Gasteiger partial charge in [0.1, 0.15) is 5.82 Å². The number of pyridine rings is 1. The van der Waals surface area contributed by atoms with Crippen molar-refractivity contribution in [3.05, 3.63) is 82.2 Å². The number of nitrogens with one attached hydrogen (secondary N) is 1. The quantitative estimate of drug-likeness (QED) is 0.750. The first-order valence-corrected chi connectivity index (χ1v) is 9.26. The van der Waals surface area contributed by atoms with Crippen molar-refractivity contribution in [2.45, 2.75) is 25.3 Å². The molecular weight excluding hydrogens is 362 g/mol. The Balaban J connectivity index is 1.53. The molecule has 3 aromatic rings. The Kier molecular flexibility index (Phi) is 5.25. The molecule has 0 radical (unpaired) electrons. The van der Waals surface area contributed by atoms with E-state index in [1.807, 2.05) is 12.1 Å². The first-order valence-electron chi connectivity index (χ1n) is 9.26. The topological polar surface area (TPSA) is 61.9 Å². The van der Waals surface area contributed by atoms with Gasteiger partial charge in [-0.1, -0.05) is 6.07 Å². The summed E-state index contributed by atoms with van der Waals surface area (Å²) in [5, 5.41) is 0. The number of nitrogens with zero attached hydrogens (tertiary/aromatic N) is 3. The molecule has 7 heteroatoms. The molecule has 1 aliphatic rings. The van der Waals surface area contributed by atoms with E-state index in [0.29, 0.717) is 24.6 Å². The van der Waals surface area contributed by atoms with Crippen LogP contribution in [0.1, 0.15) is 30.1 Å². The Hall–Kier alpha value is -2.93. The van der Waals surface area contributed by atoms with Gasteiger partial charge in [0.2, 0.25) is 0 Å². The monoisotopic (exact) mass is 382 g/mol. The molecule has 1 fully saturated rings. The lowest BCUT2D eigenvalue weighted by Crippen LogP contribution is -2.35. The molecule has 0 spiro atoms. The third kappa shape index (κ3) is 4.14. The van der Waals surface area contributed by atoms with E-state index in [9.17, 15) is 13.6 Å². The third-order valence-electron chi connectivity index (χ3n) is 5.02. The predicted octanol–water partition coefficient (Wildman–Crippen LogP) is 3.49. The van der Waals surface area contributed by atoms with Crippen molar-refractivity contribution in [3.8, 4) is 11.3 Å². The first kappa shape index (κ1) is 18.4. The number of hydrogen-bond donors (Lipinski definition) is 1. The number of benzene rings is 1. The van der Waals surface area contributed by atoms with E-state index in [2.05, 4.69) is 19.9 Å². The summed E-state index contributed by atoms with van der Waals surface area (Å²) < 4.78 is 26.6. The van der Waals surface area contributed by atoms with Crippen LogP contribution < -0.4 is 5.56 Å². The van der Waals surface area contributed by atoms with Gasteiger partial charge >= 0.3 is 0 Å². The maximum Gasteiger partial charge on any atom is 0.251 e. The van der Waals surface area contributed by atoms with Crippen LogP contribution in [0.3, 0.4) is 0 Å². The number of aromatic nitrogens is 3. The van der Waals surface area contributed by atoms with Gasteiger partial charge in [-0.25, -0.2) is 13.8 Å². The van der Waals surface area contributed by atoms with Crippen LogP contribution in [0, 0.1) is 11.6 Å². The lowest BCUT2D eigenvalue weighted by molar-refractivity contribution is 0.196. The van der Waals surface area contributed by atoms with Crippen LogP contribution in [-0.4, -0.2) is 32.9 Å². The summed E-state index contributed by atoms with van der Waals surface area (Å²) in [7, 11) is 0. The van der Waals surface area contributed by atoms with Crippen LogP contribution in [0.15, 0.2) is 53.6 Å². The molecule has 5 nitrogen and oxygen atoms in total. The summed E-state index contributed by atoms with van der Waals surface area (Å²) in [6.07, 6.45) is 5.19. The van der Waals surface area contributed by atoms with Crippen LogP contribution in [0.5, 0.6) is 0 Å². The Morgan fingerprint density at radius 2 is 1.93 bits per heavy atom. The maximum absolute atomic E-state index is 13.5. The Morgan fingerprint density at radius 3 is 2.71 bits per heavy atom. The average molecular weight is 382 g/mol. The van der Waals surface area contributed by atoms with Gasteiger partial charge in [0, 0.05) is 43.0 Å². The molecule has 0 aliphatic carbocycles. The second kappa shape index (κ2) is 7.98. The van der Waals surface area contributed by atoms with E-state index in [1.54, 1.807) is 18.5 Å². The van der Waals surface area contributed by atoms with Crippen molar-refractivity contribution in [1.29, 1.82) is 0 Å². The van der Waals surface area contributed by atoms with Crippen molar-refractivity contribution in [1.82, 2.24) is 19.9 Å². The summed E-state index contributed by atoms with van der Waals surface area (Å²) in [6, 6.07) is 9.13. The molecule has 2 aromatic heterocycles. The number of piperidine rings is 1. The summed E-state index contributed by atoms with van der Waals surface area (Å²) in [5.74, 6) is -0.931. The molecule has 1 N–H and O–H groups in total. The van der Waals surface area contributed by atoms with E-state index in [4.69, 9.17) is 0 Å². The molecule has 0 amide bonds. The highest BCUT2D eigenvalue weighted by Gasteiger charge is 2.24. The fourth-order valence-corrected chi connectivity index (χ4v) is 3.66. The second-order valence-corrected chi connectivity index (χ2v) is 7.07. The van der Waals surface area contributed by atoms with Gasteiger partial charge in [0.15, 0.2) is 11.6 Å². The molecule has 1 atom stereocenters. The molecule has 0 unspecified atom stereocenters. The van der Waals surface area contributed by atoms with Crippen molar-refractivity contribution >= 4 is 0 Å². The average Bonchev–Trinajstić information content (AvgIpc) is 2.71. The zero-order valence-electron chi connectivity index (χ0n) is 15.2. The minimum absolute atomic E-state index is 0.0773. The predicted molar refractivity (Wildman–Crippen MR) is 102 cm³/mol. The van der Waals surface area contributed by atoms with Crippen LogP contribution in [-0.2, 0) is 6.54 Å². The number of hydrogen-bond acceptors (Lipinski definition) is 4. The van der Waals surface area contributed by atoms with Gasteiger partial charge in [0.05, 0.1) is 5.69 Å². The smallest absolute Gasteiger partial charge is 0.251 e. The van der Waals surface area contributed by atoms with Crippen molar-refractivity contribution in [2.24, 2.45) is 0 Å². The minimum atomic E-state index is -0.838. The summed E-state index contributed by atoms with van der Waals surface area (Å²) in [5.41, 5.74) is 2.01. The number of halogens is 2. The SMILES string of the molecule is O=c1cc(-c2ccncc2)nc([C@H]2CCCN(Cc3ccc(F)c(F)c3)C2)[nH]1. The van der Waals surface area contributed by atoms with E-state index in [-0.39, 0.29) is 11.5 Å². The standard InChI is InChI=1S/C21H20F2N4O/c22-17-4-3-14(10-18(17)23)12-27-9-1-2-16(13-27)21-25-19(11-20(28)26-21)15-5-7-24-8-6-15/h3-8,10-11,16H,1-2,9,12-13H2,(H,25,26,28)/t16-/m0/s1. The molecule has 1 saturated heterocycles. The molecular formula is C21H20F2N4O. The molecule has 1 aromatic carbocycles. The highest BCUT2D eigenvalue weighted by Crippen LogP contribution is 2.26. The Morgan fingerprint density at radius 1 is 1.11 bits per heavy atom. The molecule has 28 heavy (non-hydrogen) atoms. The van der Waals surface area contributed by atoms with Crippen molar-refractivity contribution in [3.63, 3.8) is 0 Å². The zero-order valence-corrected chi connectivity index (χ0v) is 15.2. The number of likely N-dealkylation sites (tertiary alicyclic amines) is 1. The largest absolute Gasteiger partial charge is 0.310 e. The van der Waals surface area contributed by atoms with Crippen LogP contribution in [0.4, 0.5) is 8.78 Å². The van der Waals surface area contributed by atoms with Crippen LogP contribution in [0.25, 0.3) is 11.3 Å². The number of H-pyrrole nitrogens is 1. The normalized spacial score (nSPS) is 17.6. The summed E-state index contributed by atoms with van der Waals surface area (Å²) in [6.45, 7) is 2.09. The molecule has 4 rings (SSSR count). The first-order chi connectivity index (χ1) is 13.6. The summed E-state index contributed by atoms with van der Waals surface area (Å²) >= 11 is 0. The fourth-order valence-electron chi connectivity index (χ4n) is 3.66. The number of aromatic amines is 1. The van der Waals surface area contributed by atoms with Crippen molar-refractivity contribution in [2.75, 3.05) is 13.1 Å². The molecule has 3 heterocycles. The van der Waals surface area contributed by atoms with E-state index in [0.717, 1.165) is 36.6 Å². The minimum Gasteiger partial charge on any atom is -0.310 e. The zero-order chi connectivity index (χ0) is 19.5. The van der Waals surface area contributed by atoms with Gasteiger partial charge in [-0.15, -0.1) is 0 Å². The maximum atomic E-state index is 13.5. The Bertz CT molecular complexity index is 1020. The van der Waals surface area contributed by atoms with Gasteiger partial charge < -0.3 is 4.98 Å². The van der Waals surface area contributed by atoms with Gasteiger partial charge in [-0.3, -0.25) is 14.7 Å². The third-order valence-corrected chi connectivity index (χ3v) is 5.02. The lowest BCUT2D eigenvalue weighted by atomic mass is 9.96. The van der Waals surface area contributed by atoms with Gasteiger partial charge in [-0.2, -0.15) is 0 Å². The van der Waals surface area contributed by atoms with Crippen LogP contribution in [0.2, 0.25) is 0 Å².